The van der Waals surface area contributed by atoms with E-state index >= 15 is 0 Å². The minimum absolute atomic E-state index is 0.151. The molecule has 1 fully saturated rings. The third kappa shape index (κ3) is 6.66. The highest BCUT2D eigenvalue weighted by Crippen LogP contribution is 2.16. The van der Waals surface area contributed by atoms with E-state index in [0.29, 0.717) is 49.6 Å². The van der Waals surface area contributed by atoms with E-state index in [2.05, 4.69) is 10.6 Å². The molecule has 32 heavy (non-hydrogen) atoms. The molecule has 1 aliphatic rings. The molecule has 1 saturated heterocycles. The van der Waals surface area contributed by atoms with Gasteiger partial charge in [-0.1, -0.05) is 0 Å². The van der Waals surface area contributed by atoms with Crippen molar-refractivity contribution in [3.63, 3.8) is 0 Å². The summed E-state index contributed by atoms with van der Waals surface area (Å²) in [6, 6.07) is 11.1. The number of nitrogens with zero attached hydrogens (tertiary/aromatic N) is 1. The van der Waals surface area contributed by atoms with Crippen LogP contribution in [0, 0.1) is 5.82 Å². The molecule has 172 valence electrons. The number of urea groups is 1. The molecule has 0 radical (unpaired) electrons. The molecule has 9 heteroatoms. The Kier molecular flexibility index (Phi) is 8.41. The maximum absolute atomic E-state index is 13.1. The summed E-state index contributed by atoms with van der Waals surface area (Å²) in [5.74, 6) is -0.117. The van der Waals surface area contributed by atoms with Crippen LogP contribution in [0.4, 0.5) is 14.9 Å². The lowest BCUT2D eigenvalue weighted by molar-refractivity contribution is 0.0811. The number of carbonyl (C=O) groups is 2. The zero-order valence-corrected chi connectivity index (χ0v) is 17.9. The number of methoxy groups -OCH3 is 1. The minimum atomic E-state index is -0.778. The predicted octanol–water partition coefficient (Wildman–Crippen LogP) is 2.64. The summed E-state index contributed by atoms with van der Waals surface area (Å²) in [6.45, 7) is 1.46. The highest BCUT2D eigenvalue weighted by Gasteiger charge is 2.29. The molecular formula is C23H28FN3O5. The fourth-order valence-electron chi connectivity index (χ4n) is 3.40. The summed E-state index contributed by atoms with van der Waals surface area (Å²) in [5, 5.41) is 16.0. The summed E-state index contributed by atoms with van der Waals surface area (Å²) < 4.78 is 23.5. The topological polar surface area (TPSA) is 100 Å². The van der Waals surface area contributed by atoms with Gasteiger partial charge in [0, 0.05) is 31.5 Å². The summed E-state index contributed by atoms with van der Waals surface area (Å²) in [4.78, 5) is 26.9. The number of carbonyl (C=O) groups excluding carboxylic acids is 2. The van der Waals surface area contributed by atoms with Gasteiger partial charge < -0.3 is 30.1 Å². The second kappa shape index (κ2) is 11.4. The number of aliphatic hydroxyl groups is 1. The Bertz CT molecular complexity index is 892. The van der Waals surface area contributed by atoms with Crippen LogP contribution < -0.4 is 15.4 Å². The number of nitrogens with one attached hydrogen (secondary N) is 2. The Morgan fingerprint density at radius 2 is 1.84 bits per heavy atom. The van der Waals surface area contributed by atoms with E-state index in [0.717, 1.165) is 0 Å². The number of benzene rings is 2. The predicted molar refractivity (Wildman–Crippen MR) is 117 cm³/mol. The van der Waals surface area contributed by atoms with Gasteiger partial charge in [-0.15, -0.1) is 0 Å². The number of ether oxygens (including phenoxy) is 2. The number of amides is 3. The van der Waals surface area contributed by atoms with Gasteiger partial charge in [0.05, 0.1) is 18.8 Å². The van der Waals surface area contributed by atoms with Crippen LogP contribution in [0.2, 0.25) is 0 Å². The molecule has 1 aliphatic heterocycles. The van der Waals surface area contributed by atoms with Crippen LogP contribution in [0.15, 0.2) is 48.5 Å². The number of halogens is 1. The van der Waals surface area contributed by atoms with Crippen LogP contribution in [0.3, 0.4) is 0 Å². The van der Waals surface area contributed by atoms with Crippen molar-refractivity contribution in [3.05, 3.63) is 59.9 Å². The average Bonchev–Trinajstić information content (AvgIpc) is 2.97. The number of hydrogen-bond acceptors (Lipinski definition) is 5. The molecule has 1 heterocycles. The van der Waals surface area contributed by atoms with Crippen LogP contribution in [0.5, 0.6) is 5.75 Å². The minimum Gasteiger partial charge on any atom is -0.491 e. The van der Waals surface area contributed by atoms with E-state index < -0.39 is 18.0 Å². The van der Waals surface area contributed by atoms with E-state index in [1.54, 1.807) is 31.4 Å². The summed E-state index contributed by atoms with van der Waals surface area (Å²) in [7, 11) is 1.59. The van der Waals surface area contributed by atoms with Crippen molar-refractivity contribution < 1.29 is 28.6 Å². The van der Waals surface area contributed by atoms with Gasteiger partial charge in [-0.05, 0) is 61.4 Å². The monoisotopic (exact) mass is 445 g/mol. The highest BCUT2D eigenvalue weighted by atomic mass is 19.1. The van der Waals surface area contributed by atoms with Gasteiger partial charge in [0.25, 0.3) is 5.91 Å². The third-order valence-electron chi connectivity index (χ3n) is 5.18. The van der Waals surface area contributed by atoms with Crippen molar-refractivity contribution in [2.75, 3.05) is 38.7 Å². The first kappa shape index (κ1) is 23.5. The van der Waals surface area contributed by atoms with Crippen molar-refractivity contribution in [1.82, 2.24) is 10.2 Å². The lowest BCUT2D eigenvalue weighted by Crippen LogP contribution is -2.50. The van der Waals surface area contributed by atoms with Crippen molar-refractivity contribution in [2.45, 2.75) is 25.0 Å². The molecule has 2 aromatic carbocycles. The Labute approximate surface area is 186 Å². The van der Waals surface area contributed by atoms with Gasteiger partial charge >= 0.3 is 6.03 Å². The molecule has 0 bridgehead atoms. The Balaban J connectivity index is 1.59. The first-order valence-electron chi connectivity index (χ1n) is 10.5. The van der Waals surface area contributed by atoms with Crippen LogP contribution in [0.1, 0.15) is 23.2 Å². The molecule has 0 unspecified atom stereocenters. The van der Waals surface area contributed by atoms with E-state index in [1.165, 1.54) is 29.2 Å². The number of likely N-dealkylation sites (tertiary alicyclic amines) is 1. The first-order valence-corrected chi connectivity index (χ1v) is 10.5. The zero-order valence-electron chi connectivity index (χ0n) is 17.9. The van der Waals surface area contributed by atoms with Crippen LogP contribution in [-0.4, -0.2) is 67.5 Å². The lowest BCUT2D eigenvalue weighted by Gasteiger charge is -2.27. The van der Waals surface area contributed by atoms with Crippen molar-refractivity contribution in [2.24, 2.45) is 0 Å². The summed E-state index contributed by atoms with van der Waals surface area (Å²) in [6.07, 6.45) is 0.273. The fourth-order valence-corrected chi connectivity index (χ4v) is 3.40. The largest absolute Gasteiger partial charge is 0.491 e. The zero-order chi connectivity index (χ0) is 22.9. The maximum atomic E-state index is 13.1. The van der Waals surface area contributed by atoms with Gasteiger partial charge in [0.1, 0.15) is 18.2 Å². The number of rotatable bonds is 7. The molecule has 8 nitrogen and oxygen atoms in total. The van der Waals surface area contributed by atoms with Gasteiger partial charge in [-0.3, -0.25) is 4.79 Å². The van der Waals surface area contributed by atoms with E-state index in [9.17, 15) is 19.1 Å². The van der Waals surface area contributed by atoms with Crippen molar-refractivity contribution in [1.29, 1.82) is 0 Å². The SMILES string of the molecule is COCCOc1ccc(C(=O)N[C@@H]2CN(C(=O)Nc3ccc(F)cc3)CCC[C@H]2O)cc1. The second-order valence-corrected chi connectivity index (χ2v) is 7.54. The molecule has 0 aliphatic carbocycles. The normalized spacial score (nSPS) is 18.5. The Morgan fingerprint density at radius 3 is 2.53 bits per heavy atom. The van der Waals surface area contributed by atoms with Gasteiger partial charge in [0.15, 0.2) is 0 Å². The molecule has 2 atom stereocenters. The van der Waals surface area contributed by atoms with Gasteiger partial charge in [-0.25, -0.2) is 9.18 Å². The molecule has 0 spiro atoms. The Morgan fingerprint density at radius 1 is 1.12 bits per heavy atom. The second-order valence-electron chi connectivity index (χ2n) is 7.54. The standard InChI is InChI=1S/C23H28FN3O5/c1-31-13-14-32-19-10-4-16(5-11-19)22(29)26-20-15-27(12-2-3-21(20)28)23(30)25-18-8-6-17(24)7-9-18/h4-11,20-21,28H,2-3,12-15H2,1H3,(H,25,30)(H,26,29)/t20-,21-/m1/s1. The third-order valence-corrected chi connectivity index (χ3v) is 5.18. The van der Waals surface area contributed by atoms with E-state index in [-0.39, 0.29) is 18.5 Å². The van der Waals surface area contributed by atoms with Crippen LogP contribution in [0.25, 0.3) is 0 Å². The van der Waals surface area contributed by atoms with Gasteiger partial charge in [-0.2, -0.15) is 0 Å². The smallest absolute Gasteiger partial charge is 0.321 e. The molecule has 2 aromatic rings. The summed E-state index contributed by atoms with van der Waals surface area (Å²) >= 11 is 0. The Hall–Kier alpha value is -3.17. The average molecular weight is 445 g/mol. The van der Waals surface area contributed by atoms with Crippen LogP contribution >= 0.6 is 0 Å². The van der Waals surface area contributed by atoms with Crippen molar-refractivity contribution >= 4 is 17.6 Å². The first-order chi connectivity index (χ1) is 15.5. The quantitative estimate of drug-likeness (QED) is 0.569. The van der Waals surface area contributed by atoms with Crippen molar-refractivity contribution in [3.8, 4) is 5.75 Å². The number of anilines is 1. The summed E-state index contributed by atoms with van der Waals surface area (Å²) in [5.41, 5.74) is 0.887. The van der Waals surface area contributed by atoms with E-state index in [1.807, 2.05) is 0 Å². The number of hydrogen-bond donors (Lipinski definition) is 3. The molecule has 3 N–H and O–H groups in total. The molecular weight excluding hydrogens is 417 g/mol. The van der Waals surface area contributed by atoms with Crippen LogP contribution in [-0.2, 0) is 4.74 Å². The van der Waals surface area contributed by atoms with Gasteiger partial charge in [0.2, 0.25) is 0 Å². The lowest BCUT2D eigenvalue weighted by atomic mass is 10.1. The molecule has 0 saturated carbocycles. The maximum Gasteiger partial charge on any atom is 0.321 e. The van der Waals surface area contributed by atoms with E-state index in [4.69, 9.17) is 9.47 Å². The highest BCUT2D eigenvalue weighted by molar-refractivity contribution is 5.94. The number of aliphatic hydroxyl groups excluding tert-OH is 1. The molecule has 3 rings (SSSR count). The molecule has 3 amide bonds. The molecule has 0 aromatic heterocycles. The fraction of sp³-hybridized carbons (Fsp3) is 0.391.